The van der Waals surface area contributed by atoms with E-state index in [1.165, 1.54) is 46.7 Å². The first kappa shape index (κ1) is 14.7. The van der Waals surface area contributed by atoms with E-state index < -0.39 is 0 Å². The van der Waals surface area contributed by atoms with Crippen LogP contribution in [-0.2, 0) is 19.4 Å². The van der Waals surface area contributed by atoms with Crippen molar-refractivity contribution in [1.82, 2.24) is 5.32 Å². The third kappa shape index (κ3) is 3.01. The molecule has 1 unspecified atom stereocenters. The van der Waals surface area contributed by atoms with Crippen molar-refractivity contribution in [1.29, 1.82) is 0 Å². The average Bonchev–Trinajstić information content (AvgIpc) is 3.01. The normalized spacial score (nSPS) is 15.2. The molecule has 1 atom stereocenters. The van der Waals surface area contributed by atoms with Crippen LogP contribution < -0.4 is 5.32 Å². The fraction of sp³-hybridized carbons (Fsp3) is 0.412. The average molecular weight is 307 g/mol. The summed E-state index contributed by atoms with van der Waals surface area (Å²) < 4.78 is 27.5. The molecule has 3 rings (SSSR count). The predicted octanol–water partition coefficient (Wildman–Crippen LogP) is 4.67. The summed E-state index contributed by atoms with van der Waals surface area (Å²) >= 11 is 1.84. The molecule has 0 aliphatic heterocycles. The second-order valence-corrected chi connectivity index (χ2v) is 6.96. The molecule has 0 amide bonds. The largest absolute Gasteiger partial charge is 0.305 e. The van der Waals surface area contributed by atoms with Gasteiger partial charge in [0.25, 0.3) is 0 Å². The van der Waals surface area contributed by atoms with Crippen molar-refractivity contribution in [2.75, 3.05) is 0 Å². The topological polar surface area (TPSA) is 12.0 Å². The maximum absolute atomic E-state index is 13.9. The summed E-state index contributed by atoms with van der Waals surface area (Å²) in [4.78, 5) is 2.77. The molecule has 0 radical (unpaired) electrons. The molecular weight excluding hydrogens is 288 g/mol. The first-order valence-corrected chi connectivity index (χ1v) is 8.15. The lowest BCUT2D eigenvalue weighted by atomic mass is 10.0. The summed E-state index contributed by atoms with van der Waals surface area (Å²) in [6.45, 7) is 4.15. The standard InChI is InChI=1S/C17H19F2NS/c1-10-6-16(19)14(8-15(10)18)11(2)20-9-13-7-12-4-3-5-17(12)21-13/h6-8,11,20H,3-5,9H2,1-2H3. The number of nitrogens with one attached hydrogen (secondary N) is 1. The van der Waals surface area contributed by atoms with Crippen molar-refractivity contribution >= 4 is 11.3 Å². The smallest absolute Gasteiger partial charge is 0.128 e. The third-order valence-electron chi connectivity index (χ3n) is 4.12. The van der Waals surface area contributed by atoms with Gasteiger partial charge in [0.05, 0.1) is 0 Å². The van der Waals surface area contributed by atoms with Gasteiger partial charge in [-0.1, -0.05) is 0 Å². The van der Waals surface area contributed by atoms with Crippen LogP contribution in [-0.4, -0.2) is 0 Å². The van der Waals surface area contributed by atoms with E-state index in [0.717, 1.165) is 0 Å². The van der Waals surface area contributed by atoms with Crippen LogP contribution in [0.1, 0.15) is 45.8 Å². The first-order chi connectivity index (χ1) is 10.0. The third-order valence-corrected chi connectivity index (χ3v) is 5.36. The molecule has 1 N–H and O–H groups in total. The highest BCUT2D eigenvalue weighted by Gasteiger charge is 2.17. The van der Waals surface area contributed by atoms with Crippen molar-refractivity contribution in [2.45, 2.75) is 45.7 Å². The zero-order valence-electron chi connectivity index (χ0n) is 12.3. The molecular formula is C17H19F2NS. The fourth-order valence-corrected chi connectivity index (χ4v) is 4.05. The number of rotatable bonds is 4. The maximum atomic E-state index is 13.9. The number of hydrogen-bond acceptors (Lipinski definition) is 2. The van der Waals surface area contributed by atoms with Gasteiger partial charge in [-0.2, -0.15) is 0 Å². The lowest BCUT2D eigenvalue weighted by Gasteiger charge is -2.15. The summed E-state index contributed by atoms with van der Waals surface area (Å²) in [5, 5.41) is 3.30. The zero-order valence-corrected chi connectivity index (χ0v) is 13.1. The van der Waals surface area contributed by atoms with Crippen LogP contribution in [0.2, 0.25) is 0 Å². The zero-order chi connectivity index (χ0) is 15.0. The quantitative estimate of drug-likeness (QED) is 0.865. The SMILES string of the molecule is Cc1cc(F)c(C(C)NCc2cc3c(s2)CCC3)cc1F. The van der Waals surface area contributed by atoms with Crippen molar-refractivity contribution in [2.24, 2.45) is 0 Å². The van der Waals surface area contributed by atoms with E-state index >= 15 is 0 Å². The minimum Gasteiger partial charge on any atom is -0.305 e. The highest BCUT2D eigenvalue weighted by atomic mass is 32.1. The van der Waals surface area contributed by atoms with Gasteiger partial charge in [-0.05, 0) is 62.4 Å². The van der Waals surface area contributed by atoms with Gasteiger partial charge in [-0.15, -0.1) is 11.3 Å². The molecule has 0 bridgehead atoms. The summed E-state index contributed by atoms with van der Waals surface area (Å²) in [6, 6.07) is 4.61. The van der Waals surface area contributed by atoms with Crippen LogP contribution in [0.3, 0.4) is 0 Å². The van der Waals surface area contributed by atoms with Gasteiger partial charge < -0.3 is 5.32 Å². The molecule has 0 fully saturated rings. The summed E-state index contributed by atoms with van der Waals surface area (Å²) in [6.07, 6.45) is 3.63. The molecule has 1 aliphatic rings. The Morgan fingerprint density at radius 3 is 2.76 bits per heavy atom. The van der Waals surface area contributed by atoms with E-state index in [1.807, 2.05) is 18.3 Å². The maximum Gasteiger partial charge on any atom is 0.128 e. The molecule has 4 heteroatoms. The second-order valence-electron chi connectivity index (χ2n) is 5.74. The molecule has 1 heterocycles. The Bertz CT molecular complexity index is 642. The van der Waals surface area contributed by atoms with Crippen LogP contribution in [0.15, 0.2) is 18.2 Å². The molecule has 21 heavy (non-hydrogen) atoms. The van der Waals surface area contributed by atoms with E-state index in [9.17, 15) is 8.78 Å². The predicted molar refractivity (Wildman–Crippen MR) is 82.7 cm³/mol. The lowest BCUT2D eigenvalue weighted by Crippen LogP contribution is -2.19. The monoisotopic (exact) mass is 307 g/mol. The Morgan fingerprint density at radius 2 is 2.00 bits per heavy atom. The minimum absolute atomic E-state index is 0.211. The van der Waals surface area contributed by atoms with Crippen LogP contribution in [0, 0.1) is 18.6 Å². The van der Waals surface area contributed by atoms with Crippen molar-refractivity contribution in [3.8, 4) is 0 Å². The molecule has 1 aromatic heterocycles. The Morgan fingerprint density at radius 1 is 1.19 bits per heavy atom. The molecule has 0 spiro atoms. The number of hydrogen-bond donors (Lipinski definition) is 1. The Hall–Kier alpha value is -1.26. The van der Waals surface area contributed by atoms with Gasteiger partial charge in [0, 0.05) is 27.9 Å². The Labute approximate surface area is 128 Å². The Balaban J connectivity index is 1.68. The molecule has 1 aliphatic carbocycles. The van der Waals surface area contributed by atoms with Gasteiger partial charge in [-0.3, -0.25) is 0 Å². The number of aryl methyl sites for hydroxylation is 3. The van der Waals surface area contributed by atoms with Gasteiger partial charge >= 0.3 is 0 Å². The van der Waals surface area contributed by atoms with Crippen LogP contribution >= 0.6 is 11.3 Å². The van der Waals surface area contributed by atoms with E-state index in [-0.39, 0.29) is 17.7 Å². The fourth-order valence-electron chi connectivity index (χ4n) is 2.83. The number of benzene rings is 1. The van der Waals surface area contributed by atoms with E-state index in [2.05, 4.69) is 11.4 Å². The van der Waals surface area contributed by atoms with Crippen LogP contribution in [0.4, 0.5) is 8.78 Å². The number of fused-ring (bicyclic) bond motifs is 1. The van der Waals surface area contributed by atoms with Gasteiger partial charge in [0.15, 0.2) is 0 Å². The van der Waals surface area contributed by atoms with Crippen LogP contribution in [0.5, 0.6) is 0 Å². The second kappa shape index (κ2) is 5.85. The first-order valence-electron chi connectivity index (χ1n) is 7.34. The van der Waals surface area contributed by atoms with E-state index in [1.54, 1.807) is 6.92 Å². The van der Waals surface area contributed by atoms with Gasteiger partial charge in [0.1, 0.15) is 11.6 Å². The highest BCUT2D eigenvalue weighted by Crippen LogP contribution is 2.31. The number of thiophene rings is 1. The van der Waals surface area contributed by atoms with Gasteiger partial charge in [-0.25, -0.2) is 8.78 Å². The van der Waals surface area contributed by atoms with Crippen molar-refractivity contribution in [3.63, 3.8) is 0 Å². The summed E-state index contributed by atoms with van der Waals surface area (Å²) in [5.74, 6) is -0.697. The molecule has 0 saturated carbocycles. The number of halogens is 2. The van der Waals surface area contributed by atoms with Crippen molar-refractivity contribution in [3.05, 3.63) is 56.3 Å². The van der Waals surface area contributed by atoms with Crippen LogP contribution in [0.25, 0.3) is 0 Å². The molecule has 1 aromatic carbocycles. The lowest BCUT2D eigenvalue weighted by molar-refractivity contribution is 0.518. The van der Waals surface area contributed by atoms with E-state index in [4.69, 9.17) is 0 Å². The van der Waals surface area contributed by atoms with E-state index in [0.29, 0.717) is 17.7 Å². The molecule has 0 saturated heterocycles. The highest BCUT2D eigenvalue weighted by molar-refractivity contribution is 7.12. The molecule has 2 aromatic rings. The summed E-state index contributed by atoms with van der Waals surface area (Å²) in [7, 11) is 0. The Kier molecular flexibility index (Phi) is 4.09. The minimum atomic E-state index is -0.352. The van der Waals surface area contributed by atoms with Crippen molar-refractivity contribution < 1.29 is 8.78 Å². The molecule has 1 nitrogen and oxygen atoms in total. The summed E-state index contributed by atoms with van der Waals surface area (Å²) in [5.41, 5.74) is 2.21. The molecule has 112 valence electrons. The van der Waals surface area contributed by atoms with Gasteiger partial charge in [0.2, 0.25) is 0 Å².